The van der Waals surface area contributed by atoms with E-state index >= 15 is 0 Å². The number of aryl methyl sites for hydroxylation is 1. The first-order valence-corrected chi connectivity index (χ1v) is 8.30. The predicted molar refractivity (Wildman–Crippen MR) is 85.6 cm³/mol. The molecule has 0 bridgehead atoms. The van der Waals surface area contributed by atoms with E-state index in [1.807, 2.05) is 11.6 Å². The molecule has 0 saturated carbocycles. The minimum atomic E-state index is -0.0865. The molecule has 3 rings (SSSR count). The SMILES string of the molecule is CCc1ncc2c(n1)CN(Cc1csc(NC(C)=O)n1)CC2. The average molecular weight is 317 g/mol. The van der Waals surface area contributed by atoms with Gasteiger partial charge in [0.1, 0.15) is 5.82 Å². The normalized spacial score (nSPS) is 14.6. The topological polar surface area (TPSA) is 71.0 Å². The van der Waals surface area contributed by atoms with Crippen LogP contribution < -0.4 is 5.32 Å². The van der Waals surface area contributed by atoms with Gasteiger partial charge in [0.2, 0.25) is 5.91 Å². The Balaban J connectivity index is 1.66. The fourth-order valence-electron chi connectivity index (χ4n) is 2.52. The fraction of sp³-hybridized carbons (Fsp3) is 0.467. The molecule has 1 amide bonds. The minimum absolute atomic E-state index is 0.0865. The summed E-state index contributed by atoms with van der Waals surface area (Å²) in [7, 11) is 0. The summed E-state index contributed by atoms with van der Waals surface area (Å²) in [5, 5.41) is 5.38. The molecular weight excluding hydrogens is 298 g/mol. The van der Waals surface area contributed by atoms with Gasteiger partial charge < -0.3 is 5.32 Å². The second-order valence-electron chi connectivity index (χ2n) is 5.40. The van der Waals surface area contributed by atoms with Gasteiger partial charge in [-0.15, -0.1) is 11.3 Å². The second-order valence-corrected chi connectivity index (χ2v) is 6.26. The summed E-state index contributed by atoms with van der Waals surface area (Å²) >= 11 is 1.46. The van der Waals surface area contributed by atoms with E-state index in [1.165, 1.54) is 23.8 Å². The number of carbonyl (C=O) groups is 1. The van der Waals surface area contributed by atoms with Crippen LogP contribution in [-0.2, 0) is 30.7 Å². The Morgan fingerprint density at radius 1 is 1.45 bits per heavy atom. The van der Waals surface area contributed by atoms with E-state index in [0.29, 0.717) is 5.13 Å². The van der Waals surface area contributed by atoms with Crippen molar-refractivity contribution >= 4 is 22.4 Å². The molecule has 2 aromatic heterocycles. The van der Waals surface area contributed by atoms with Crippen molar-refractivity contribution < 1.29 is 4.79 Å². The fourth-order valence-corrected chi connectivity index (χ4v) is 3.27. The quantitative estimate of drug-likeness (QED) is 0.934. The van der Waals surface area contributed by atoms with E-state index in [-0.39, 0.29) is 5.91 Å². The molecule has 0 unspecified atom stereocenters. The molecule has 3 heterocycles. The van der Waals surface area contributed by atoms with Crippen LogP contribution in [0.1, 0.15) is 36.6 Å². The largest absolute Gasteiger partial charge is 0.302 e. The molecular formula is C15H19N5OS. The molecule has 7 heteroatoms. The van der Waals surface area contributed by atoms with Crippen LogP contribution in [0.3, 0.4) is 0 Å². The maximum atomic E-state index is 11.0. The summed E-state index contributed by atoms with van der Waals surface area (Å²) in [6.45, 7) is 6.16. The third-order valence-corrected chi connectivity index (χ3v) is 4.42. The minimum Gasteiger partial charge on any atom is -0.302 e. The van der Waals surface area contributed by atoms with Crippen LogP contribution in [-0.4, -0.2) is 32.3 Å². The Morgan fingerprint density at radius 3 is 3.09 bits per heavy atom. The molecule has 2 aromatic rings. The standard InChI is InChI=1S/C15H19N5OS/c1-3-14-16-6-11-4-5-20(8-13(11)19-14)7-12-9-22-15(18-12)17-10(2)21/h6,9H,3-5,7-8H2,1-2H3,(H,17,18,21). The highest BCUT2D eigenvalue weighted by atomic mass is 32.1. The molecule has 0 fully saturated rings. The third kappa shape index (κ3) is 3.48. The summed E-state index contributed by atoms with van der Waals surface area (Å²) in [4.78, 5) is 26.8. The van der Waals surface area contributed by atoms with Crippen molar-refractivity contribution in [3.05, 3.63) is 34.4 Å². The molecule has 116 valence electrons. The first kappa shape index (κ1) is 15.1. The van der Waals surface area contributed by atoms with Crippen molar-refractivity contribution in [1.82, 2.24) is 19.9 Å². The number of rotatable bonds is 4. The lowest BCUT2D eigenvalue weighted by atomic mass is 10.1. The van der Waals surface area contributed by atoms with Gasteiger partial charge in [0.15, 0.2) is 5.13 Å². The molecule has 0 radical (unpaired) electrons. The summed E-state index contributed by atoms with van der Waals surface area (Å²) < 4.78 is 0. The van der Waals surface area contributed by atoms with Crippen LogP contribution >= 0.6 is 11.3 Å². The van der Waals surface area contributed by atoms with E-state index in [9.17, 15) is 4.79 Å². The van der Waals surface area contributed by atoms with Crippen molar-refractivity contribution in [2.75, 3.05) is 11.9 Å². The van der Waals surface area contributed by atoms with Crippen molar-refractivity contribution in [1.29, 1.82) is 0 Å². The summed E-state index contributed by atoms with van der Waals surface area (Å²) in [6.07, 6.45) is 3.80. The van der Waals surface area contributed by atoms with Crippen molar-refractivity contribution in [3.63, 3.8) is 0 Å². The van der Waals surface area contributed by atoms with Gasteiger partial charge >= 0.3 is 0 Å². The smallest absolute Gasteiger partial charge is 0.223 e. The lowest BCUT2D eigenvalue weighted by Gasteiger charge is -2.27. The monoisotopic (exact) mass is 317 g/mol. The highest BCUT2D eigenvalue weighted by molar-refractivity contribution is 7.13. The van der Waals surface area contributed by atoms with Crippen LogP contribution in [0.5, 0.6) is 0 Å². The number of thiazole rings is 1. The molecule has 1 aliphatic heterocycles. The number of hydrogen-bond acceptors (Lipinski definition) is 6. The van der Waals surface area contributed by atoms with Gasteiger partial charge in [0, 0.05) is 44.6 Å². The van der Waals surface area contributed by atoms with Crippen LogP contribution in [0, 0.1) is 0 Å². The van der Waals surface area contributed by atoms with Gasteiger partial charge in [0.25, 0.3) is 0 Å². The number of anilines is 1. The molecule has 0 saturated heterocycles. The molecule has 1 N–H and O–H groups in total. The maximum absolute atomic E-state index is 11.0. The maximum Gasteiger partial charge on any atom is 0.223 e. The number of nitrogens with one attached hydrogen (secondary N) is 1. The molecule has 1 aliphatic rings. The van der Waals surface area contributed by atoms with Crippen LogP contribution in [0.15, 0.2) is 11.6 Å². The van der Waals surface area contributed by atoms with Gasteiger partial charge in [-0.3, -0.25) is 9.69 Å². The van der Waals surface area contributed by atoms with Crippen molar-refractivity contribution in [2.24, 2.45) is 0 Å². The van der Waals surface area contributed by atoms with Crippen LogP contribution in [0.4, 0.5) is 5.13 Å². The summed E-state index contributed by atoms with van der Waals surface area (Å²) in [5.41, 5.74) is 3.38. The molecule has 0 spiro atoms. The van der Waals surface area contributed by atoms with Gasteiger partial charge in [-0.2, -0.15) is 0 Å². The lowest BCUT2D eigenvalue weighted by molar-refractivity contribution is -0.114. The molecule has 0 aromatic carbocycles. The number of carbonyl (C=O) groups excluding carboxylic acids is 1. The Labute approximate surface area is 133 Å². The average Bonchev–Trinajstić information content (AvgIpc) is 2.92. The zero-order valence-corrected chi connectivity index (χ0v) is 13.6. The first-order valence-electron chi connectivity index (χ1n) is 7.42. The molecule has 6 nitrogen and oxygen atoms in total. The Morgan fingerprint density at radius 2 is 2.32 bits per heavy atom. The number of nitrogens with zero attached hydrogens (tertiary/aromatic N) is 4. The zero-order chi connectivity index (χ0) is 15.5. The number of amides is 1. The van der Waals surface area contributed by atoms with E-state index in [4.69, 9.17) is 0 Å². The Hall–Kier alpha value is -1.86. The van der Waals surface area contributed by atoms with E-state index in [1.54, 1.807) is 0 Å². The molecule has 0 atom stereocenters. The van der Waals surface area contributed by atoms with Crippen molar-refractivity contribution in [2.45, 2.75) is 39.8 Å². The van der Waals surface area contributed by atoms with Crippen LogP contribution in [0.2, 0.25) is 0 Å². The molecule has 22 heavy (non-hydrogen) atoms. The number of fused-ring (bicyclic) bond motifs is 1. The van der Waals surface area contributed by atoms with E-state index in [0.717, 1.165) is 49.7 Å². The lowest BCUT2D eigenvalue weighted by Crippen LogP contribution is -2.31. The highest BCUT2D eigenvalue weighted by Crippen LogP contribution is 2.21. The third-order valence-electron chi connectivity index (χ3n) is 3.61. The predicted octanol–water partition coefficient (Wildman–Crippen LogP) is 2.01. The van der Waals surface area contributed by atoms with E-state index < -0.39 is 0 Å². The van der Waals surface area contributed by atoms with Gasteiger partial charge in [-0.25, -0.2) is 15.0 Å². The van der Waals surface area contributed by atoms with Gasteiger partial charge in [-0.1, -0.05) is 6.92 Å². The molecule has 0 aliphatic carbocycles. The van der Waals surface area contributed by atoms with Crippen LogP contribution in [0.25, 0.3) is 0 Å². The summed E-state index contributed by atoms with van der Waals surface area (Å²) in [6, 6.07) is 0. The Kier molecular flexibility index (Phi) is 4.44. The zero-order valence-electron chi connectivity index (χ0n) is 12.8. The number of aromatic nitrogens is 3. The van der Waals surface area contributed by atoms with Gasteiger partial charge in [-0.05, 0) is 12.0 Å². The number of hydrogen-bond donors (Lipinski definition) is 1. The Bertz CT molecular complexity index is 684. The van der Waals surface area contributed by atoms with Crippen molar-refractivity contribution in [3.8, 4) is 0 Å². The highest BCUT2D eigenvalue weighted by Gasteiger charge is 2.19. The second kappa shape index (κ2) is 6.50. The van der Waals surface area contributed by atoms with Gasteiger partial charge in [0.05, 0.1) is 11.4 Å². The summed E-state index contributed by atoms with van der Waals surface area (Å²) in [5.74, 6) is 0.818. The first-order chi connectivity index (χ1) is 10.6. The van der Waals surface area contributed by atoms with E-state index in [2.05, 4.69) is 32.1 Å².